The average Bonchev–Trinajstić information content (AvgIpc) is 3.33. The molecular weight excluding hydrogens is 414 g/mol. The number of carbonyl (C=O) groups excluding carboxylic acids is 3. The summed E-state index contributed by atoms with van der Waals surface area (Å²) in [5.74, 6) is -1.11. The first-order valence-corrected chi connectivity index (χ1v) is 12.8. The van der Waals surface area contributed by atoms with E-state index in [1.807, 2.05) is 13.8 Å². The smallest absolute Gasteiger partial charge is 0.244 e. The van der Waals surface area contributed by atoms with Crippen molar-refractivity contribution in [2.75, 3.05) is 13.7 Å². The van der Waals surface area contributed by atoms with Gasteiger partial charge in [-0.15, -0.1) is 11.8 Å². The van der Waals surface area contributed by atoms with Crippen molar-refractivity contribution in [2.24, 2.45) is 23.7 Å². The molecule has 4 rings (SSSR count). The minimum absolute atomic E-state index is 0.00474. The van der Waals surface area contributed by atoms with Crippen molar-refractivity contribution in [2.45, 2.75) is 87.4 Å². The molecule has 31 heavy (non-hydrogen) atoms. The molecule has 1 saturated carbocycles. The van der Waals surface area contributed by atoms with Gasteiger partial charge in [0, 0.05) is 18.3 Å². The molecule has 3 amide bonds. The van der Waals surface area contributed by atoms with Crippen LogP contribution in [-0.2, 0) is 14.4 Å². The van der Waals surface area contributed by atoms with Crippen molar-refractivity contribution in [3.63, 3.8) is 0 Å². The topological polar surface area (TPSA) is 98.7 Å². The van der Waals surface area contributed by atoms with Crippen molar-refractivity contribution in [3.8, 4) is 0 Å². The first kappa shape index (κ1) is 22.9. The van der Waals surface area contributed by atoms with Crippen LogP contribution < -0.4 is 10.6 Å². The summed E-state index contributed by atoms with van der Waals surface area (Å²) in [5, 5.41) is 16.3. The van der Waals surface area contributed by atoms with Gasteiger partial charge in [0.15, 0.2) is 0 Å². The summed E-state index contributed by atoms with van der Waals surface area (Å²) in [6.45, 7) is 5.88. The Morgan fingerprint density at radius 2 is 1.90 bits per heavy atom. The highest BCUT2D eigenvalue weighted by molar-refractivity contribution is 8.02. The van der Waals surface area contributed by atoms with Crippen LogP contribution in [0.4, 0.5) is 0 Å². The molecule has 2 bridgehead atoms. The molecule has 3 saturated heterocycles. The molecule has 3 N–H and O–H groups in total. The molecule has 7 atom stereocenters. The number of thioether (sulfide) groups is 1. The molecule has 174 valence electrons. The summed E-state index contributed by atoms with van der Waals surface area (Å²) >= 11 is 1.69. The lowest BCUT2D eigenvalue weighted by Gasteiger charge is -2.41. The Morgan fingerprint density at radius 1 is 1.23 bits per heavy atom. The van der Waals surface area contributed by atoms with E-state index in [0.29, 0.717) is 0 Å². The predicted molar refractivity (Wildman–Crippen MR) is 120 cm³/mol. The van der Waals surface area contributed by atoms with Gasteiger partial charge >= 0.3 is 0 Å². The van der Waals surface area contributed by atoms with Gasteiger partial charge in [-0.1, -0.05) is 40.0 Å². The van der Waals surface area contributed by atoms with Gasteiger partial charge in [-0.25, -0.2) is 0 Å². The van der Waals surface area contributed by atoms with Gasteiger partial charge in [0.2, 0.25) is 17.7 Å². The Kier molecular flexibility index (Phi) is 6.34. The highest BCUT2D eigenvalue weighted by Gasteiger charge is 2.76. The van der Waals surface area contributed by atoms with Gasteiger partial charge in [-0.2, -0.15) is 0 Å². The lowest BCUT2D eigenvalue weighted by atomic mass is 9.66. The van der Waals surface area contributed by atoms with Crippen LogP contribution >= 0.6 is 11.8 Å². The number of amides is 3. The van der Waals surface area contributed by atoms with E-state index in [0.717, 1.165) is 32.1 Å². The van der Waals surface area contributed by atoms with E-state index in [4.69, 9.17) is 0 Å². The van der Waals surface area contributed by atoms with Crippen LogP contribution in [0.15, 0.2) is 0 Å². The van der Waals surface area contributed by atoms with E-state index in [2.05, 4.69) is 17.6 Å². The second-order valence-electron chi connectivity index (χ2n) is 10.2. The molecule has 4 aliphatic rings. The highest BCUT2D eigenvalue weighted by atomic mass is 32.2. The summed E-state index contributed by atoms with van der Waals surface area (Å²) in [5.41, 5.74) is 0. The van der Waals surface area contributed by atoms with E-state index in [1.165, 1.54) is 6.42 Å². The largest absolute Gasteiger partial charge is 0.394 e. The number of aliphatic hydroxyl groups excluding tert-OH is 1. The number of likely N-dealkylation sites (tertiary alicyclic amines) is 1. The normalized spacial score (nSPS) is 38.5. The lowest BCUT2D eigenvalue weighted by molar-refractivity contribution is -0.143. The van der Waals surface area contributed by atoms with Crippen LogP contribution in [0.3, 0.4) is 0 Å². The third-order valence-corrected chi connectivity index (χ3v) is 10.3. The van der Waals surface area contributed by atoms with Crippen molar-refractivity contribution >= 4 is 29.5 Å². The Balaban J connectivity index is 1.75. The average molecular weight is 452 g/mol. The maximum absolute atomic E-state index is 13.9. The number of nitrogens with zero attached hydrogens (tertiary/aromatic N) is 1. The minimum Gasteiger partial charge on any atom is -0.394 e. The first-order chi connectivity index (χ1) is 14.8. The molecule has 3 aliphatic heterocycles. The monoisotopic (exact) mass is 451 g/mol. The summed E-state index contributed by atoms with van der Waals surface area (Å²) in [4.78, 5) is 42.2. The van der Waals surface area contributed by atoms with Crippen LogP contribution in [0.25, 0.3) is 0 Å². The fraction of sp³-hybridized carbons (Fsp3) is 0.870. The maximum atomic E-state index is 13.9. The van der Waals surface area contributed by atoms with Gasteiger partial charge in [0.05, 0.1) is 29.2 Å². The lowest BCUT2D eigenvalue weighted by Crippen LogP contribution is -2.60. The van der Waals surface area contributed by atoms with Crippen molar-refractivity contribution in [3.05, 3.63) is 0 Å². The van der Waals surface area contributed by atoms with Gasteiger partial charge in [0.1, 0.15) is 6.04 Å². The molecule has 0 aromatic carbocycles. The first-order valence-electron chi connectivity index (χ1n) is 11.9. The summed E-state index contributed by atoms with van der Waals surface area (Å²) in [7, 11) is 1.62. The van der Waals surface area contributed by atoms with Crippen molar-refractivity contribution in [1.82, 2.24) is 15.5 Å². The predicted octanol–water partition coefficient (Wildman–Crippen LogP) is 1.54. The molecule has 0 radical (unpaired) electrons. The molecule has 3 unspecified atom stereocenters. The molecule has 1 spiro atoms. The Bertz CT molecular complexity index is 740. The second-order valence-corrected chi connectivity index (χ2v) is 11.8. The molecule has 7 nitrogen and oxygen atoms in total. The molecule has 0 aromatic heterocycles. The molecular formula is C23H37N3O4S. The number of aliphatic hydroxyl groups is 1. The van der Waals surface area contributed by atoms with Crippen molar-refractivity contribution in [1.29, 1.82) is 0 Å². The standard InChI is InChI=1S/C23H37N3O4S/c1-12(2)15(11-27)26-19(21(29)25-14-8-6-5-7-9-14)23-13(3)10-16(31-23)17(20(28)24-4)18(23)22(26)30/h12-19,27H,5-11H2,1-4H3,(H,24,28)(H,25,29)/t13?,15-,16+,17-,18-,19?,23?/m0/s1. The Hall–Kier alpha value is -1.28. The number of hydrogen-bond acceptors (Lipinski definition) is 5. The van der Waals surface area contributed by atoms with Crippen LogP contribution in [-0.4, -0.2) is 69.5 Å². The number of carbonyl (C=O) groups is 3. The second kappa shape index (κ2) is 8.58. The quantitative estimate of drug-likeness (QED) is 0.569. The van der Waals surface area contributed by atoms with E-state index in [-0.39, 0.29) is 47.5 Å². The Labute approximate surface area is 189 Å². The van der Waals surface area contributed by atoms with Gasteiger partial charge < -0.3 is 20.6 Å². The fourth-order valence-corrected chi connectivity index (χ4v) is 9.14. The zero-order chi connectivity index (χ0) is 22.5. The molecule has 0 aromatic rings. The SMILES string of the molecule is CNC(=O)[C@@H]1[C@H]2C(=O)N([C@@H](CO)C(C)C)C(C(=O)NC3CCCCC3)C23S[C@@H]1CC3C. The number of hydrogen-bond donors (Lipinski definition) is 3. The minimum atomic E-state index is -0.647. The highest BCUT2D eigenvalue weighted by Crippen LogP contribution is 2.68. The summed E-state index contributed by atoms with van der Waals surface area (Å²) in [6, 6.07) is -0.938. The number of rotatable bonds is 6. The van der Waals surface area contributed by atoms with E-state index in [1.54, 1.807) is 23.7 Å². The molecule has 8 heteroatoms. The van der Waals surface area contributed by atoms with E-state index >= 15 is 0 Å². The zero-order valence-electron chi connectivity index (χ0n) is 19.1. The van der Waals surface area contributed by atoms with Crippen LogP contribution in [0.5, 0.6) is 0 Å². The maximum Gasteiger partial charge on any atom is 0.244 e. The molecule has 3 heterocycles. The van der Waals surface area contributed by atoms with E-state index in [9.17, 15) is 19.5 Å². The van der Waals surface area contributed by atoms with Crippen LogP contribution in [0.1, 0.15) is 59.3 Å². The van der Waals surface area contributed by atoms with Gasteiger partial charge in [-0.05, 0) is 31.1 Å². The summed E-state index contributed by atoms with van der Waals surface area (Å²) < 4.78 is -0.611. The van der Waals surface area contributed by atoms with Gasteiger partial charge in [0.25, 0.3) is 0 Å². The zero-order valence-corrected chi connectivity index (χ0v) is 19.9. The Morgan fingerprint density at radius 3 is 2.48 bits per heavy atom. The van der Waals surface area contributed by atoms with Crippen molar-refractivity contribution < 1.29 is 19.5 Å². The third-order valence-electron chi connectivity index (χ3n) is 8.25. The fourth-order valence-electron chi connectivity index (χ4n) is 6.73. The van der Waals surface area contributed by atoms with Crippen LogP contribution in [0.2, 0.25) is 0 Å². The summed E-state index contributed by atoms with van der Waals surface area (Å²) in [6.07, 6.45) is 6.21. The molecule has 1 aliphatic carbocycles. The number of fused-ring (bicyclic) bond motifs is 1. The van der Waals surface area contributed by atoms with E-state index < -0.39 is 28.7 Å². The van der Waals surface area contributed by atoms with Crippen LogP contribution in [0, 0.1) is 23.7 Å². The third kappa shape index (κ3) is 3.39. The van der Waals surface area contributed by atoms with Gasteiger partial charge in [-0.3, -0.25) is 14.4 Å². The number of nitrogens with one attached hydrogen (secondary N) is 2. The molecule has 4 fully saturated rings.